The first kappa shape index (κ1) is 35.9. The number of hydrogen-bond donors (Lipinski definition) is 0. The van der Waals surface area contributed by atoms with Crippen LogP contribution in [0.15, 0.2) is 224 Å². The summed E-state index contributed by atoms with van der Waals surface area (Å²) < 4.78 is 0. The van der Waals surface area contributed by atoms with Gasteiger partial charge < -0.3 is 4.90 Å². The van der Waals surface area contributed by atoms with Crippen molar-refractivity contribution in [2.75, 3.05) is 4.90 Å². The van der Waals surface area contributed by atoms with Crippen molar-refractivity contribution in [1.29, 1.82) is 0 Å². The second-order valence-corrected chi connectivity index (χ2v) is 11.6. The van der Waals surface area contributed by atoms with Crippen molar-refractivity contribution < 1.29 is 0 Å². The molecule has 0 heterocycles. The van der Waals surface area contributed by atoms with E-state index in [1.807, 2.05) is 43.4 Å². The first-order chi connectivity index (χ1) is 23.9. The zero-order valence-electron chi connectivity index (χ0n) is 29.3. The fourth-order valence-electron chi connectivity index (χ4n) is 5.27. The minimum atomic E-state index is 1.01. The quantitative estimate of drug-likeness (QED) is 0.124. The first-order valence-corrected chi connectivity index (χ1v) is 16.7. The molecule has 0 N–H and O–H groups in total. The van der Waals surface area contributed by atoms with Crippen LogP contribution in [0.5, 0.6) is 0 Å². The summed E-state index contributed by atoms with van der Waals surface area (Å²) in [6.45, 7) is 16.2. The van der Waals surface area contributed by atoms with Gasteiger partial charge in [-0.2, -0.15) is 0 Å². The second kappa shape index (κ2) is 19.0. The average Bonchev–Trinajstić information content (AvgIpc) is 3.15. The van der Waals surface area contributed by atoms with Gasteiger partial charge in [-0.3, -0.25) is 0 Å². The van der Waals surface area contributed by atoms with Crippen LogP contribution in [0.4, 0.5) is 5.69 Å². The molecule has 0 aliphatic carbocycles. The van der Waals surface area contributed by atoms with E-state index in [0.717, 1.165) is 17.0 Å². The molecule has 0 aliphatic heterocycles. The van der Waals surface area contributed by atoms with Gasteiger partial charge in [-0.1, -0.05) is 165 Å². The third-order valence-electron chi connectivity index (χ3n) is 8.17. The van der Waals surface area contributed by atoms with E-state index in [1.54, 1.807) is 6.08 Å². The Labute approximate surface area is 294 Å². The van der Waals surface area contributed by atoms with Gasteiger partial charge in [0.25, 0.3) is 0 Å². The molecule has 4 aromatic rings. The van der Waals surface area contributed by atoms with Gasteiger partial charge in [0.15, 0.2) is 0 Å². The molecule has 0 amide bonds. The van der Waals surface area contributed by atoms with Crippen LogP contribution in [-0.2, 0) is 0 Å². The maximum absolute atomic E-state index is 4.01. The first-order valence-electron chi connectivity index (χ1n) is 16.7. The molecule has 0 atom stereocenters. The Bertz CT molecular complexity index is 1950. The normalized spacial score (nSPS) is 13.2. The molecule has 0 saturated carbocycles. The van der Waals surface area contributed by atoms with Crippen LogP contribution in [0.25, 0.3) is 33.4 Å². The second-order valence-electron chi connectivity index (χ2n) is 11.6. The fourth-order valence-corrected chi connectivity index (χ4v) is 5.27. The lowest BCUT2D eigenvalue weighted by Crippen LogP contribution is -2.13. The lowest BCUT2D eigenvalue weighted by molar-refractivity contribution is 1.15. The monoisotopic (exact) mass is 637 g/mol. The Morgan fingerprint density at radius 3 is 1.92 bits per heavy atom. The molecule has 0 saturated heterocycles. The largest absolute Gasteiger partial charge is 0.321 e. The van der Waals surface area contributed by atoms with Gasteiger partial charge in [-0.25, -0.2) is 0 Å². The molecule has 1 nitrogen and oxygen atoms in total. The minimum absolute atomic E-state index is 1.01. The minimum Gasteiger partial charge on any atom is -0.321 e. The topological polar surface area (TPSA) is 3.24 Å². The zero-order chi connectivity index (χ0) is 34.8. The Morgan fingerprint density at radius 2 is 1.22 bits per heavy atom. The molecule has 49 heavy (non-hydrogen) atoms. The van der Waals surface area contributed by atoms with Crippen LogP contribution in [0.2, 0.25) is 0 Å². The summed E-state index contributed by atoms with van der Waals surface area (Å²) in [5.74, 6) is 0. The molecule has 1 heteroatoms. The van der Waals surface area contributed by atoms with Crippen molar-refractivity contribution >= 4 is 5.69 Å². The van der Waals surface area contributed by atoms with Crippen LogP contribution in [0.3, 0.4) is 0 Å². The van der Waals surface area contributed by atoms with Crippen molar-refractivity contribution in [3.05, 3.63) is 224 Å². The van der Waals surface area contributed by atoms with Gasteiger partial charge in [0.1, 0.15) is 0 Å². The van der Waals surface area contributed by atoms with E-state index in [4.69, 9.17) is 0 Å². The molecule has 0 aromatic heterocycles. The van der Waals surface area contributed by atoms with Crippen LogP contribution in [0, 0.1) is 0 Å². The standard InChI is InChI=1S/C48H47N/c1-7-10-12-15-23-41(9-3)24-21-35-49(40(6)32-31-39(5)38(4)22-11-8-2)46-33-34-47(48(37-46)43-27-18-14-19-28-43)45-30-20-29-44(36-45)42-25-16-13-17-26-42/h7-37H,1,3H2,2,4-6H3/b11-8-,12-10-,23-15+,35-21+,38-22+,39-31+,40-32+,41-24+. The SMILES string of the molecule is C=C\C=C/C=C/C(C=C)=C/C=C/N(/C(C)=C/C=C(C)/C(C)=C/C=C\C)c1ccc(-c2cccc(-c3ccccc3)c2)c(-c2ccccc2)c1. The molecule has 0 spiro atoms. The summed E-state index contributed by atoms with van der Waals surface area (Å²) in [5.41, 5.74) is 12.7. The molecule has 4 aromatic carbocycles. The number of nitrogens with zero attached hydrogens (tertiary/aromatic N) is 1. The van der Waals surface area contributed by atoms with Gasteiger partial charge in [-0.15, -0.1) is 0 Å². The van der Waals surface area contributed by atoms with Crippen molar-refractivity contribution in [2.45, 2.75) is 27.7 Å². The summed E-state index contributed by atoms with van der Waals surface area (Å²) in [6.07, 6.45) is 28.4. The van der Waals surface area contributed by atoms with E-state index in [-0.39, 0.29) is 0 Å². The number of hydrogen-bond acceptors (Lipinski definition) is 1. The third-order valence-corrected chi connectivity index (χ3v) is 8.17. The maximum atomic E-state index is 4.01. The highest BCUT2D eigenvalue weighted by Crippen LogP contribution is 2.37. The molecule has 0 unspecified atom stereocenters. The van der Waals surface area contributed by atoms with Gasteiger partial charge in [-0.05, 0) is 108 Å². The highest BCUT2D eigenvalue weighted by atomic mass is 15.1. The van der Waals surface area contributed by atoms with Gasteiger partial charge in [0.2, 0.25) is 0 Å². The summed E-state index contributed by atoms with van der Waals surface area (Å²) in [5, 5.41) is 0. The van der Waals surface area contributed by atoms with E-state index >= 15 is 0 Å². The molecule has 244 valence electrons. The number of allylic oxidation sites excluding steroid dienone is 17. The molecule has 0 fully saturated rings. The van der Waals surface area contributed by atoms with Crippen molar-refractivity contribution in [3.8, 4) is 33.4 Å². The molecule has 0 bridgehead atoms. The van der Waals surface area contributed by atoms with E-state index in [1.165, 1.54) is 44.5 Å². The van der Waals surface area contributed by atoms with Gasteiger partial charge >= 0.3 is 0 Å². The number of anilines is 1. The van der Waals surface area contributed by atoms with Crippen LogP contribution in [0.1, 0.15) is 27.7 Å². The van der Waals surface area contributed by atoms with Crippen LogP contribution >= 0.6 is 0 Å². The summed E-state index contributed by atoms with van der Waals surface area (Å²) in [4.78, 5) is 2.24. The summed E-state index contributed by atoms with van der Waals surface area (Å²) in [6, 6.07) is 36.8. The lowest BCUT2D eigenvalue weighted by atomic mass is 9.92. The van der Waals surface area contributed by atoms with Gasteiger partial charge in [0, 0.05) is 17.6 Å². The van der Waals surface area contributed by atoms with Crippen molar-refractivity contribution in [2.24, 2.45) is 0 Å². The summed E-state index contributed by atoms with van der Waals surface area (Å²) in [7, 11) is 0. The van der Waals surface area contributed by atoms with E-state index in [0.29, 0.717) is 0 Å². The fraction of sp³-hybridized carbons (Fsp3) is 0.0833. The Kier molecular flexibility index (Phi) is 14.0. The van der Waals surface area contributed by atoms with Crippen molar-refractivity contribution in [3.63, 3.8) is 0 Å². The Morgan fingerprint density at radius 1 is 0.551 bits per heavy atom. The van der Waals surface area contributed by atoms with Crippen LogP contribution in [-0.4, -0.2) is 0 Å². The Balaban J connectivity index is 1.84. The van der Waals surface area contributed by atoms with Crippen molar-refractivity contribution in [1.82, 2.24) is 0 Å². The van der Waals surface area contributed by atoms with E-state index in [9.17, 15) is 0 Å². The zero-order valence-corrected chi connectivity index (χ0v) is 29.3. The molecule has 0 aliphatic rings. The van der Waals surface area contributed by atoms with Crippen LogP contribution < -0.4 is 4.90 Å². The Hall–Kier alpha value is -5.92. The molecular formula is C48H47N. The maximum Gasteiger partial charge on any atom is 0.0458 e. The number of benzene rings is 4. The van der Waals surface area contributed by atoms with Gasteiger partial charge in [0.05, 0.1) is 0 Å². The number of rotatable bonds is 14. The predicted octanol–water partition coefficient (Wildman–Crippen LogP) is 13.8. The van der Waals surface area contributed by atoms with E-state index < -0.39 is 0 Å². The smallest absolute Gasteiger partial charge is 0.0458 e. The molecule has 0 radical (unpaired) electrons. The summed E-state index contributed by atoms with van der Waals surface area (Å²) >= 11 is 0. The third kappa shape index (κ3) is 10.5. The highest BCUT2D eigenvalue weighted by molar-refractivity contribution is 5.88. The van der Waals surface area contributed by atoms with E-state index in [2.05, 4.69) is 185 Å². The average molecular weight is 638 g/mol. The molecular weight excluding hydrogens is 591 g/mol. The lowest BCUT2D eigenvalue weighted by Gasteiger charge is -2.23. The highest BCUT2D eigenvalue weighted by Gasteiger charge is 2.13. The predicted molar refractivity (Wildman–Crippen MR) is 217 cm³/mol. The molecule has 4 rings (SSSR count).